The summed E-state index contributed by atoms with van der Waals surface area (Å²) in [5.74, 6) is -0.279. The highest BCUT2D eigenvalue weighted by atomic mass is 79.9. The van der Waals surface area contributed by atoms with E-state index in [0.29, 0.717) is 11.0 Å². The van der Waals surface area contributed by atoms with Gasteiger partial charge in [-0.05, 0) is 27.6 Å². The fourth-order valence-electron chi connectivity index (χ4n) is 1.42. The van der Waals surface area contributed by atoms with Gasteiger partial charge in [-0.25, -0.2) is 4.39 Å². The van der Waals surface area contributed by atoms with Crippen LogP contribution in [0.15, 0.2) is 52.0 Å². The van der Waals surface area contributed by atoms with Gasteiger partial charge in [-0.1, -0.05) is 12.1 Å². The summed E-state index contributed by atoms with van der Waals surface area (Å²) in [6.45, 7) is 0.526. The van der Waals surface area contributed by atoms with E-state index in [-0.39, 0.29) is 11.2 Å². The number of aromatic nitrogens is 1. The molecule has 0 aliphatic rings. The fraction of sp³-hybridized carbons (Fsp3) is 0.0833. The van der Waals surface area contributed by atoms with Gasteiger partial charge in [0, 0.05) is 31.1 Å². The third-order valence-electron chi connectivity index (χ3n) is 2.25. The molecule has 1 aromatic heterocycles. The van der Waals surface area contributed by atoms with Gasteiger partial charge in [0.15, 0.2) is 5.43 Å². The van der Waals surface area contributed by atoms with Crippen LogP contribution in [0.4, 0.5) is 4.39 Å². The Bertz CT molecular complexity index is 545. The smallest absolute Gasteiger partial charge is 0.181 e. The Labute approximate surface area is 100 Å². The molecule has 0 N–H and O–H groups in total. The normalized spacial score (nSPS) is 10.4. The highest BCUT2D eigenvalue weighted by Gasteiger charge is 2.04. The second kappa shape index (κ2) is 4.61. The van der Waals surface area contributed by atoms with E-state index in [1.807, 2.05) is 10.6 Å². The molecule has 0 amide bonds. The van der Waals surface area contributed by atoms with Crippen LogP contribution in [0, 0.1) is 5.82 Å². The molecule has 0 bridgehead atoms. The van der Waals surface area contributed by atoms with Crippen molar-refractivity contribution in [3.8, 4) is 0 Å². The molecule has 1 heterocycles. The Kier molecular flexibility index (Phi) is 3.19. The highest BCUT2D eigenvalue weighted by Crippen LogP contribution is 2.20. The minimum absolute atomic E-state index is 0.0328. The van der Waals surface area contributed by atoms with E-state index in [4.69, 9.17) is 0 Å². The maximum Gasteiger partial charge on any atom is 0.181 e. The zero-order valence-corrected chi connectivity index (χ0v) is 9.95. The Morgan fingerprint density at radius 2 is 1.88 bits per heavy atom. The third kappa shape index (κ3) is 2.39. The quantitative estimate of drug-likeness (QED) is 0.830. The predicted molar refractivity (Wildman–Crippen MR) is 63.9 cm³/mol. The number of nitrogens with zero attached hydrogens (tertiary/aromatic N) is 1. The van der Waals surface area contributed by atoms with E-state index in [0.717, 1.165) is 5.56 Å². The number of pyridine rings is 1. The van der Waals surface area contributed by atoms with Gasteiger partial charge in [-0.15, -0.1) is 0 Å². The van der Waals surface area contributed by atoms with Crippen LogP contribution in [0.5, 0.6) is 0 Å². The molecule has 16 heavy (non-hydrogen) atoms. The molecule has 1 aromatic carbocycles. The van der Waals surface area contributed by atoms with Crippen LogP contribution in [0.25, 0.3) is 0 Å². The Morgan fingerprint density at radius 3 is 2.56 bits per heavy atom. The lowest BCUT2D eigenvalue weighted by Gasteiger charge is -2.08. The van der Waals surface area contributed by atoms with Crippen LogP contribution >= 0.6 is 15.9 Å². The minimum atomic E-state index is -0.279. The van der Waals surface area contributed by atoms with Crippen molar-refractivity contribution in [1.82, 2.24) is 4.57 Å². The number of hydrogen-bond donors (Lipinski definition) is 0. The molecular weight excluding hydrogens is 273 g/mol. The van der Waals surface area contributed by atoms with Gasteiger partial charge in [-0.2, -0.15) is 0 Å². The molecule has 0 saturated carbocycles. The number of benzene rings is 1. The molecular formula is C12H9BrFNO. The minimum Gasteiger partial charge on any atom is -0.350 e. The SMILES string of the molecule is O=c1ccn(Cc2cccc(F)c2Br)cc1. The summed E-state index contributed by atoms with van der Waals surface area (Å²) >= 11 is 3.20. The van der Waals surface area contributed by atoms with Gasteiger partial charge in [0.1, 0.15) is 5.82 Å². The summed E-state index contributed by atoms with van der Waals surface area (Å²) in [6.07, 6.45) is 3.36. The molecule has 2 nitrogen and oxygen atoms in total. The van der Waals surface area contributed by atoms with E-state index < -0.39 is 0 Å². The van der Waals surface area contributed by atoms with Crippen LogP contribution in [0.1, 0.15) is 5.56 Å². The highest BCUT2D eigenvalue weighted by molar-refractivity contribution is 9.10. The molecule has 0 spiro atoms. The molecule has 82 valence electrons. The first kappa shape index (κ1) is 11.1. The van der Waals surface area contributed by atoms with Crippen molar-refractivity contribution >= 4 is 15.9 Å². The van der Waals surface area contributed by atoms with Gasteiger partial charge in [0.25, 0.3) is 0 Å². The van der Waals surface area contributed by atoms with Crippen LogP contribution in [-0.4, -0.2) is 4.57 Å². The largest absolute Gasteiger partial charge is 0.350 e. The Morgan fingerprint density at radius 1 is 1.19 bits per heavy atom. The topological polar surface area (TPSA) is 22.0 Å². The van der Waals surface area contributed by atoms with Crippen molar-refractivity contribution in [3.05, 3.63) is 68.8 Å². The number of rotatable bonds is 2. The first-order valence-electron chi connectivity index (χ1n) is 4.76. The van der Waals surface area contributed by atoms with E-state index in [2.05, 4.69) is 15.9 Å². The van der Waals surface area contributed by atoms with E-state index in [1.165, 1.54) is 18.2 Å². The van der Waals surface area contributed by atoms with Crippen molar-refractivity contribution in [2.24, 2.45) is 0 Å². The molecule has 2 rings (SSSR count). The lowest BCUT2D eigenvalue weighted by molar-refractivity contribution is 0.615. The molecule has 0 atom stereocenters. The van der Waals surface area contributed by atoms with Crippen molar-refractivity contribution in [3.63, 3.8) is 0 Å². The molecule has 0 aliphatic heterocycles. The predicted octanol–water partition coefficient (Wildman–Crippen LogP) is 2.80. The van der Waals surface area contributed by atoms with Gasteiger partial charge in [0.05, 0.1) is 4.47 Å². The number of hydrogen-bond acceptors (Lipinski definition) is 1. The van der Waals surface area contributed by atoms with Crippen LogP contribution in [0.2, 0.25) is 0 Å². The van der Waals surface area contributed by atoms with Crippen LogP contribution < -0.4 is 5.43 Å². The average molecular weight is 282 g/mol. The summed E-state index contributed by atoms with van der Waals surface area (Å²) in [5.41, 5.74) is 0.804. The summed E-state index contributed by atoms with van der Waals surface area (Å²) in [6, 6.07) is 7.86. The lowest BCUT2D eigenvalue weighted by atomic mass is 10.2. The zero-order valence-electron chi connectivity index (χ0n) is 8.36. The van der Waals surface area contributed by atoms with Crippen molar-refractivity contribution in [2.45, 2.75) is 6.54 Å². The van der Waals surface area contributed by atoms with Crippen molar-refractivity contribution < 1.29 is 4.39 Å². The summed E-state index contributed by atoms with van der Waals surface area (Å²) in [7, 11) is 0. The molecule has 0 unspecified atom stereocenters. The number of halogens is 2. The first-order valence-corrected chi connectivity index (χ1v) is 5.55. The standard InChI is InChI=1S/C12H9BrFNO/c13-12-9(2-1-3-11(12)14)8-15-6-4-10(16)5-7-15/h1-7H,8H2. The van der Waals surface area contributed by atoms with Gasteiger partial charge in [-0.3, -0.25) is 4.79 Å². The average Bonchev–Trinajstić information content (AvgIpc) is 2.28. The third-order valence-corrected chi connectivity index (χ3v) is 3.13. The van der Waals surface area contributed by atoms with E-state index in [1.54, 1.807) is 18.5 Å². The van der Waals surface area contributed by atoms with Gasteiger partial charge in [0.2, 0.25) is 0 Å². The molecule has 0 radical (unpaired) electrons. The second-order valence-corrected chi connectivity index (χ2v) is 4.21. The van der Waals surface area contributed by atoms with E-state index in [9.17, 15) is 9.18 Å². The zero-order chi connectivity index (χ0) is 11.5. The molecule has 0 aliphatic carbocycles. The Hall–Kier alpha value is -1.42. The maximum atomic E-state index is 13.2. The van der Waals surface area contributed by atoms with Crippen molar-refractivity contribution in [2.75, 3.05) is 0 Å². The summed E-state index contributed by atoms with van der Waals surface area (Å²) in [5, 5.41) is 0. The molecule has 2 aromatic rings. The molecule has 4 heteroatoms. The van der Waals surface area contributed by atoms with Crippen LogP contribution in [0.3, 0.4) is 0 Å². The summed E-state index contributed by atoms with van der Waals surface area (Å²) < 4.78 is 15.5. The fourth-order valence-corrected chi connectivity index (χ4v) is 1.81. The van der Waals surface area contributed by atoms with Gasteiger partial charge >= 0.3 is 0 Å². The lowest BCUT2D eigenvalue weighted by Crippen LogP contribution is -2.05. The van der Waals surface area contributed by atoms with Crippen LogP contribution in [-0.2, 0) is 6.54 Å². The second-order valence-electron chi connectivity index (χ2n) is 3.42. The molecule has 0 fully saturated rings. The van der Waals surface area contributed by atoms with Crippen molar-refractivity contribution in [1.29, 1.82) is 0 Å². The summed E-state index contributed by atoms with van der Waals surface area (Å²) in [4.78, 5) is 10.9. The van der Waals surface area contributed by atoms with Gasteiger partial charge < -0.3 is 4.57 Å². The first-order chi connectivity index (χ1) is 7.66. The Balaban J connectivity index is 2.30. The van der Waals surface area contributed by atoms with E-state index >= 15 is 0 Å². The monoisotopic (exact) mass is 281 g/mol. The molecule has 0 saturated heterocycles. The maximum absolute atomic E-state index is 13.2.